The summed E-state index contributed by atoms with van der Waals surface area (Å²) in [6.07, 6.45) is 0. The molecule has 0 radical (unpaired) electrons. The molecule has 2 N–H and O–H groups in total. The number of sulfonamides is 1. The lowest BCUT2D eigenvalue weighted by atomic mass is 10.1. The summed E-state index contributed by atoms with van der Waals surface area (Å²) in [7, 11) is -3.70. The van der Waals surface area contributed by atoms with Crippen molar-refractivity contribution in [3.8, 4) is 22.8 Å². The maximum Gasteiger partial charge on any atom is 0.308 e. The van der Waals surface area contributed by atoms with Crippen molar-refractivity contribution in [3.05, 3.63) is 28.8 Å². The third-order valence-electron chi connectivity index (χ3n) is 3.15. The summed E-state index contributed by atoms with van der Waals surface area (Å²) >= 11 is 5.90. The first-order valence-electron chi connectivity index (χ1n) is 6.95. The Morgan fingerprint density at radius 2 is 2.08 bits per heavy atom. The van der Waals surface area contributed by atoms with Gasteiger partial charge in [-0.1, -0.05) is 11.6 Å². The minimum Gasteiger partial charge on any atom is -0.502 e. The van der Waals surface area contributed by atoms with Crippen molar-refractivity contribution < 1.29 is 27.5 Å². The van der Waals surface area contributed by atoms with Crippen molar-refractivity contribution in [2.24, 2.45) is 0 Å². The zero-order chi connectivity index (χ0) is 18.1. The summed E-state index contributed by atoms with van der Waals surface area (Å²) < 4.78 is 36.0. The van der Waals surface area contributed by atoms with E-state index in [9.17, 15) is 18.3 Å². The van der Waals surface area contributed by atoms with Crippen LogP contribution in [-0.4, -0.2) is 25.2 Å². The molecule has 1 heterocycles. The monoisotopic (exact) mass is 373 g/mol. The quantitative estimate of drug-likeness (QED) is 0.779. The van der Waals surface area contributed by atoms with Crippen molar-refractivity contribution >= 4 is 33.5 Å². The first-order valence-corrected chi connectivity index (χ1v) is 8.98. The van der Waals surface area contributed by atoms with Crippen molar-refractivity contribution in [3.63, 3.8) is 0 Å². The summed E-state index contributed by atoms with van der Waals surface area (Å²) in [5, 5.41) is 10.8. The first-order chi connectivity index (χ1) is 11.1. The van der Waals surface area contributed by atoms with Crippen LogP contribution in [0.4, 0.5) is 5.88 Å². The van der Waals surface area contributed by atoms with Crippen LogP contribution >= 0.6 is 11.6 Å². The lowest BCUT2D eigenvalue weighted by Gasteiger charge is -2.04. The summed E-state index contributed by atoms with van der Waals surface area (Å²) in [5.41, 5.74) is 1.16. The highest BCUT2D eigenvalue weighted by molar-refractivity contribution is 7.92. The van der Waals surface area contributed by atoms with E-state index in [0.29, 0.717) is 16.1 Å². The maximum atomic E-state index is 11.8. The smallest absolute Gasteiger partial charge is 0.308 e. The van der Waals surface area contributed by atoms with Gasteiger partial charge < -0.3 is 14.3 Å². The predicted octanol–water partition coefficient (Wildman–Crippen LogP) is 3.30. The molecule has 0 aliphatic heterocycles. The molecule has 0 aliphatic carbocycles. The molecule has 0 bridgehead atoms. The van der Waals surface area contributed by atoms with Crippen molar-refractivity contribution in [2.45, 2.75) is 20.8 Å². The molecule has 0 aliphatic rings. The topological polar surface area (TPSA) is 106 Å². The standard InChI is InChI=1S/C15H16ClNO6S/c1-4-24(20,21)17-15-14(22-9(3)18)12(19)13(23-15)11-6-5-10(16)7-8(11)2/h5-7,17,19H,4H2,1-3H3. The second-order valence-electron chi connectivity index (χ2n) is 5.00. The van der Waals surface area contributed by atoms with Gasteiger partial charge in [-0.25, -0.2) is 13.1 Å². The average Bonchev–Trinajstić information content (AvgIpc) is 2.75. The van der Waals surface area contributed by atoms with Gasteiger partial charge in [0.2, 0.25) is 21.5 Å². The molecule has 1 aromatic heterocycles. The van der Waals surface area contributed by atoms with Gasteiger partial charge in [0.1, 0.15) is 0 Å². The van der Waals surface area contributed by atoms with Crippen molar-refractivity contribution in [1.82, 2.24) is 0 Å². The highest BCUT2D eigenvalue weighted by Gasteiger charge is 2.27. The number of hydrogen-bond donors (Lipinski definition) is 2. The molecule has 0 unspecified atom stereocenters. The number of carbonyl (C=O) groups is 1. The first kappa shape index (κ1) is 18.2. The van der Waals surface area contributed by atoms with E-state index >= 15 is 0 Å². The molecule has 2 aromatic rings. The molecule has 1 aromatic carbocycles. The number of aromatic hydroxyl groups is 1. The molecule has 9 heteroatoms. The molecule has 0 atom stereocenters. The fourth-order valence-electron chi connectivity index (χ4n) is 1.99. The number of carbonyl (C=O) groups excluding carboxylic acids is 1. The number of ether oxygens (including phenoxy) is 1. The minimum atomic E-state index is -3.70. The van der Waals surface area contributed by atoms with Crippen LogP contribution in [0.1, 0.15) is 19.4 Å². The molecule has 0 amide bonds. The molecule has 130 valence electrons. The van der Waals surface area contributed by atoms with Gasteiger partial charge in [0.25, 0.3) is 5.88 Å². The molecular weight excluding hydrogens is 358 g/mol. The Kier molecular flexibility index (Phi) is 5.10. The maximum absolute atomic E-state index is 11.8. The molecule has 0 saturated carbocycles. The highest BCUT2D eigenvalue weighted by atomic mass is 35.5. The Morgan fingerprint density at radius 1 is 1.42 bits per heavy atom. The number of benzene rings is 1. The third-order valence-corrected chi connectivity index (χ3v) is 4.64. The van der Waals surface area contributed by atoms with Crippen LogP contribution in [0.5, 0.6) is 11.5 Å². The molecule has 7 nitrogen and oxygen atoms in total. The second kappa shape index (κ2) is 6.74. The van der Waals surface area contributed by atoms with Crippen LogP contribution in [0.15, 0.2) is 22.6 Å². The zero-order valence-corrected chi connectivity index (χ0v) is 14.8. The van der Waals surface area contributed by atoms with Gasteiger partial charge in [0.05, 0.1) is 5.75 Å². The van der Waals surface area contributed by atoms with E-state index in [4.69, 9.17) is 20.8 Å². The van der Waals surface area contributed by atoms with Gasteiger partial charge in [-0.05, 0) is 37.6 Å². The Labute approximate surface area is 144 Å². The number of nitrogens with one attached hydrogen (secondary N) is 1. The SMILES string of the molecule is CCS(=O)(=O)Nc1oc(-c2ccc(Cl)cc2C)c(O)c1OC(C)=O. The van der Waals surface area contributed by atoms with Gasteiger partial charge >= 0.3 is 5.97 Å². The number of hydrogen-bond acceptors (Lipinski definition) is 6. The lowest BCUT2D eigenvalue weighted by Crippen LogP contribution is -2.15. The van der Waals surface area contributed by atoms with Crippen LogP contribution in [-0.2, 0) is 14.8 Å². The van der Waals surface area contributed by atoms with Gasteiger partial charge in [-0.15, -0.1) is 0 Å². The Bertz CT molecular complexity index is 888. The number of aryl methyl sites for hydroxylation is 1. The van der Waals surface area contributed by atoms with E-state index in [0.717, 1.165) is 6.92 Å². The van der Waals surface area contributed by atoms with Crippen LogP contribution in [0.25, 0.3) is 11.3 Å². The number of esters is 1. The predicted molar refractivity (Wildman–Crippen MR) is 89.9 cm³/mol. The Hall–Kier alpha value is -2.19. The Balaban J connectivity index is 2.61. The van der Waals surface area contributed by atoms with E-state index in [-0.39, 0.29) is 23.1 Å². The number of furan rings is 1. The fraction of sp³-hybridized carbons (Fsp3) is 0.267. The van der Waals surface area contributed by atoms with E-state index in [1.165, 1.54) is 6.92 Å². The van der Waals surface area contributed by atoms with Crippen LogP contribution < -0.4 is 9.46 Å². The van der Waals surface area contributed by atoms with Crippen LogP contribution in [0.2, 0.25) is 5.02 Å². The normalized spacial score (nSPS) is 11.3. The van der Waals surface area contributed by atoms with Gasteiger partial charge in [-0.3, -0.25) is 4.79 Å². The van der Waals surface area contributed by atoms with E-state index < -0.39 is 21.7 Å². The zero-order valence-electron chi connectivity index (χ0n) is 13.2. The summed E-state index contributed by atoms with van der Waals surface area (Å²) in [5.74, 6) is -2.22. The summed E-state index contributed by atoms with van der Waals surface area (Å²) in [4.78, 5) is 11.2. The molecule has 0 spiro atoms. The van der Waals surface area contributed by atoms with E-state index in [1.807, 2.05) is 0 Å². The molecule has 24 heavy (non-hydrogen) atoms. The minimum absolute atomic E-state index is 0.0331. The molecule has 0 saturated heterocycles. The average molecular weight is 374 g/mol. The van der Waals surface area contributed by atoms with Crippen LogP contribution in [0.3, 0.4) is 0 Å². The van der Waals surface area contributed by atoms with Gasteiger partial charge in [0.15, 0.2) is 5.76 Å². The summed E-state index contributed by atoms with van der Waals surface area (Å²) in [6.45, 7) is 4.29. The number of rotatable bonds is 5. The third kappa shape index (κ3) is 3.82. The molecule has 0 fully saturated rings. The van der Waals surface area contributed by atoms with Gasteiger partial charge in [0, 0.05) is 17.5 Å². The lowest BCUT2D eigenvalue weighted by molar-refractivity contribution is -0.131. The van der Waals surface area contributed by atoms with E-state index in [2.05, 4.69) is 4.72 Å². The highest BCUT2D eigenvalue weighted by Crippen LogP contribution is 2.47. The second-order valence-corrected chi connectivity index (χ2v) is 7.44. The molecular formula is C15H16ClNO6S. The number of anilines is 1. The van der Waals surface area contributed by atoms with Crippen LogP contribution in [0, 0.1) is 6.92 Å². The Morgan fingerprint density at radius 3 is 2.62 bits per heavy atom. The van der Waals surface area contributed by atoms with Crippen molar-refractivity contribution in [1.29, 1.82) is 0 Å². The number of halogens is 1. The fourth-order valence-corrected chi connectivity index (χ4v) is 2.78. The van der Waals surface area contributed by atoms with Gasteiger partial charge in [-0.2, -0.15) is 0 Å². The largest absolute Gasteiger partial charge is 0.502 e. The van der Waals surface area contributed by atoms with E-state index in [1.54, 1.807) is 25.1 Å². The van der Waals surface area contributed by atoms with Crippen molar-refractivity contribution in [2.75, 3.05) is 10.5 Å². The summed E-state index contributed by atoms with van der Waals surface area (Å²) in [6, 6.07) is 4.85. The molecule has 2 rings (SSSR count).